The lowest BCUT2D eigenvalue weighted by Crippen LogP contribution is -1.99. The molecule has 0 aliphatic carbocycles. The van der Waals surface area contributed by atoms with Crippen molar-refractivity contribution >= 4 is 5.69 Å². The van der Waals surface area contributed by atoms with Crippen molar-refractivity contribution in [3.8, 4) is 0 Å². The van der Waals surface area contributed by atoms with Crippen LogP contribution in [0.5, 0.6) is 0 Å². The van der Waals surface area contributed by atoms with Gasteiger partial charge in [0.05, 0.1) is 18.1 Å². The monoisotopic (exact) mass is 199 g/mol. The minimum absolute atomic E-state index is 0.799. The molecular weight excluding hydrogens is 186 g/mol. The molecule has 0 spiro atoms. The molecule has 2 rings (SSSR count). The molecule has 76 valence electrons. The number of aryl methyl sites for hydroxylation is 1. The van der Waals surface area contributed by atoms with Gasteiger partial charge in [0, 0.05) is 6.54 Å². The third kappa shape index (κ3) is 2.77. The zero-order valence-electron chi connectivity index (χ0n) is 8.64. The van der Waals surface area contributed by atoms with Gasteiger partial charge in [0.2, 0.25) is 0 Å². The highest BCUT2D eigenvalue weighted by atomic mass is 14.9. The average molecular weight is 199 g/mol. The van der Waals surface area contributed by atoms with Crippen LogP contribution in [0.25, 0.3) is 0 Å². The highest BCUT2D eigenvalue weighted by molar-refractivity contribution is 5.38. The first kappa shape index (κ1) is 9.65. The van der Waals surface area contributed by atoms with Crippen LogP contribution in [0.2, 0.25) is 0 Å². The Balaban J connectivity index is 1.96. The number of rotatable bonds is 3. The Morgan fingerprint density at radius 1 is 1.07 bits per heavy atom. The summed E-state index contributed by atoms with van der Waals surface area (Å²) < 4.78 is 0. The maximum Gasteiger partial charge on any atom is 0.115 e. The van der Waals surface area contributed by atoms with Crippen molar-refractivity contribution < 1.29 is 0 Å². The van der Waals surface area contributed by atoms with Gasteiger partial charge in [0.15, 0.2) is 0 Å². The number of anilines is 1. The summed E-state index contributed by atoms with van der Waals surface area (Å²) in [4.78, 5) is 7.87. The van der Waals surface area contributed by atoms with Gasteiger partial charge in [-0.05, 0) is 12.5 Å². The minimum atomic E-state index is 0.799. The molecule has 0 unspecified atom stereocenters. The maximum absolute atomic E-state index is 3.94. The third-order valence-electron chi connectivity index (χ3n) is 2.18. The molecule has 1 N–H and O–H groups in total. The van der Waals surface area contributed by atoms with E-state index in [0.717, 1.165) is 12.2 Å². The third-order valence-corrected chi connectivity index (χ3v) is 2.18. The van der Waals surface area contributed by atoms with Crippen LogP contribution < -0.4 is 5.32 Å². The molecular formula is C12H13N3. The van der Waals surface area contributed by atoms with Gasteiger partial charge in [-0.25, -0.2) is 9.97 Å². The topological polar surface area (TPSA) is 37.8 Å². The van der Waals surface area contributed by atoms with Crippen LogP contribution in [0.15, 0.2) is 43.0 Å². The molecule has 0 amide bonds. The Morgan fingerprint density at radius 2 is 1.73 bits per heavy atom. The fraction of sp³-hybridized carbons (Fsp3) is 0.167. The minimum Gasteiger partial charge on any atom is -0.378 e. The molecule has 1 aromatic heterocycles. The van der Waals surface area contributed by atoms with E-state index in [1.54, 1.807) is 12.4 Å². The van der Waals surface area contributed by atoms with Crippen LogP contribution in [0.1, 0.15) is 11.1 Å². The fourth-order valence-electron chi connectivity index (χ4n) is 1.30. The van der Waals surface area contributed by atoms with Crippen molar-refractivity contribution in [2.24, 2.45) is 0 Å². The van der Waals surface area contributed by atoms with Gasteiger partial charge >= 0.3 is 0 Å². The smallest absolute Gasteiger partial charge is 0.115 e. The Hall–Kier alpha value is -1.90. The Kier molecular flexibility index (Phi) is 2.93. The average Bonchev–Trinajstić information content (AvgIpc) is 2.30. The number of hydrogen-bond acceptors (Lipinski definition) is 3. The number of aromatic nitrogens is 2. The molecule has 0 bridgehead atoms. The lowest BCUT2D eigenvalue weighted by atomic mass is 10.1. The molecule has 0 aliphatic rings. The van der Waals surface area contributed by atoms with E-state index in [1.807, 2.05) is 0 Å². The predicted molar refractivity (Wildman–Crippen MR) is 60.5 cm³/mol. The number of nitrogens with one attached hydrogen (secondary N) is 1. The van der Waals surface area contributed by atoms with E-state index in [2.05, 4.69) is 46.5 Å². The largest absolute Gasteiger partial charge is 0.378 e. The highest BCUT2D eigenvalue weighted by Crippen LogP contribution is 2.07. The van der Waals surface area contributed by atoms with Gasteiger partial charge in [0.25, 0.3) is 0 Å². The molecule has 0 atom stereocenters. The predicted octanol–water partition coefficient (Wildman–Crippen LogP) is 2.40. The lowest BCUT2D eigenvalue weighted by Gasteiger charge is -2.05. The second-order valence-electron chi connectivity index (χ2n) is 3.47. The van der Waals surface area contributed by atoms with E-state index in [9.17, 15) is 0 Å². The Bertz CT molecular complexity index is 409. The van der Waals surface area contributed by atoms with E-state index in [0.29, 0.717) is 0 Å². The van der Waals surface area contributed by atoms with Crippen molar-refractivity contribution in [3.63, 3.8) is 0 Å². The van der Waals surface area contributed by atoms with Crippen LogP contribution in [0.4, 0.5) is 5.69 Å². The van der Waals surface area contributed by atoms with E-state index in [-0.39, 0.29) is 0 Å². The highest BCUT2D eigenvalue weighted by Gasteiger charge is 1.93. The van der Waals surface area contributed by atoms with Crippen molar-refractivity contribution in [3.05, 3.63) is 54.1 Å². The van der Waals surface area contributed by atoms with E-state index in [4.69, 9.17) is 0 Å². The molecule has 0 aliphatic heterocycles. The molecule has 15 heavy (non-hydrogen) atoms. The Morgan fingerprint density at radius 3 is 2.40 bits per heavy atom. The molecule has 2 aromatic rings. The summed E-state index contributed by atoms with van der Waals surface area (Å²) in [5.41, 5.74) is 3.48. The first-order valence-corrected chi connectivity index (χ1v) is 4.89. The van der Waals surface area contributed by atoms with Gasteiger partial charge in [0.1, 0.15) is 6.33 Å². The van der Waals surface area contributed by atoms with Crippen LogP contribution in [-0.2, 0) is 6.54 Å². The summed E-state index contributed by atoms with van der Waals surface area (Å²) in [5.74, 6) is 0. The lowest BCUT2D eigenvalue weighted by molar-refractivity contribution is 1.10. The van der Waals surface area contributed by atoms with E-state index in [1.165, 1.54) is 17.5 Å². The summed E-state index contributed by atoms with van der Waals surface area (Å²) in [6.07, 6.45) is 5.05. The number of hydrogen-bond donors (Lipinski definition) is 1. The molecule has 0 radical (unpaired) electrons. The zero-order valence-corrected chi connectivity index (χ0v) is 8.64. The first-order chi connectivity index (χ1) is 7.34. The van der Waals surface area contributed by atoms with Gasteiger partial charge < -0.3 is 5.32 Å². The van der Waals surface area contributed by atoms with Crippen LogP contribution in [0, 0.1) is 6.92 Å². The molecule has 1 heterocycles. The van der Waals surface area contributed by atoms with Crippen molar-refractivity contribution in [2.45, 2.75) is 13.5 Å². The van der Waals surface area contributed by atoms with Crippen molar-refractivity contribution in [2.75, 3.05) is 5.32 Å². The zero-order chi connectivity index (χ0) is 10.5. The van der Waals surface area contributed by atoms with Gasteiger partial charge in [-0.2, -0.15) is 0 Å². The number of nitrogens with zero attached hydrogens (tertiary/aromatic N) is 2. The second kappa shape index (κ2) is 4.55. The van der Waals surface area contributed by atoms with Crippen molar-refractivity contribution in [1.82, 2.24) is 9.97 Å². The van der Waals surface area contributed by atoms with Crippen molar-refractivity contribution in [1.29, 1.82) is 0 Å². The number of benzene rings is 1. The molecule has 3 heteroatoms. The maximum atomic E-state index is 3.94. The van der Waals surface area contributed by atoms with Crippen LogP contribution in [0.3, 0.4) is 0 Å². The van der Waals surface area contributed by atoms with Gasteiger partial charge in [-0.1, -0.05) is 29.8 Å². The molecule has 0 saturated carbocycles. The van der Waals surface area contributed by atoms with Crippen LogP contribution >= 0.6 is 0 Å². The van der Waals surface area contributed by atoms with Gasteiger partial charge in [-0.3, -0.25) is 0 Å². The van der Waals surface area contributed by atoms with E-state index < -0.39 is 0 Å². The summed E-state index contributed by atoms with van der Waals surface area (Å²) in [5, 5.41) is 3.26. The summed E-state index contributed by atoms with van der Waals surface area (Å²) >= 11 is 0. The summed E-state index contributed by atoms with van der Waals surface area (Å²) in [7, 11) is 0. The Labute approximate surface area is 89.2 Å². The van der Waals surface area contributed by atoms with Crippen LogP contribution in [-0.4, -0.2) is 9.97 Å². The molecule has 0 fully saturated rings. The van der Waals surface area contributed by atoms with Gasteiger partial charge in [-0.15, -0.1) is 0 Å². The summed E-state index contributed by atoms with van der Waals surface area (Å²) in [6, 6.07) is 8.45. The first-order valence-electron chi connectivity index (χ1n) is 4.89. The van der Waals surface area contributed by atoms with E-state index >= 15 is 0 Å². The quantitative estimate of drug-likeness (QED) is 0.824. The second-order valence-corrected chi connectivity index (χ2v) is 3.47. The normalized spacial score (nSPS) is 9.93. The molecule has 0 saturated heterocycles. The summed E-state index contributed by atoms with van der Waals surface area (Å²) in [6.45, 7) is 2.88. The fourth-order valence-corrected chi connectivity index (χ4v) is 1.30. The molecule has 3 nitrogen and oxygen atoms in total. The standard InChI is InChI=1S/C12H13N3/c1-10-2-4-11(5-3-10)6-15-12-7-13-9-14-8-12/h2-5,7-9,15H,6H2,1H3. The SMILES string of the molecule is Cc1ccc(CNc2cncnc2)cc1. The molecule has 1 aromatic carbocycles.